The molecule has 0 aliphatic carbocycles. The zero-order valence-corrected chi connectivity index (χ0v) is 8.41. The van der Waals surface area contributed by atoms with Gasteiger partial charge in [0, 0.05) is 35.7 Å². The van der Waals surface area contributed by atoms with Gasteiger partial charge in [0.2, 0.25) is 0 Å². The number of hydrogen-bond acceptors (Lipinski definition) is 4. The molecule has 0 fully saturated rings. The Bertz CT molecular complexity index is 617. The summed E-state index contributed by atoms with van der Waals surface area (Å²) in [7, 11) is 0. The van der Waals surface area contributed by atoms with Crippen LogP contribution >= 0.6 is 0 Å². The monoisotopic (exact) mass is 208 g/mol. The zero-order chi connectivity index (χ0) is 10.8. The topological polar surface area (TPSA) is 51.6 Å². The van der Waals surface area contributed by atoms with Gasteiger partial charge in [-0.2, -0.15) is 0 Å². The maximum atomic E-state index is 4.35. The van der Waals surface area contributed by atoms with Crippen molar-refractivity contribution in [3.8, 4) is 11.3 Å². The molecule has 76 valence electrons. The third kappa shape index (κ3) is 1.40. The first-order valence-corrected chi connectivity index (χ1v) is 4.90. The van der Waals surface area contributed by atoms with E-state index >= 15 is 0 Å². The fourth-order valence-corrected chi connectivity index (χ4v) is 1.63. The Hall–Kier alpha value is -2.36. The Labute approximate surface area is 92.0 Å². The first-order valence-electron chi connectivity index (χ1n) is 4.90. The molecule has 3 heterocycles. The predicted molar refractivity (Wildman–Crippen MR) is 60.6 cm³/mol. The smallest absolute Gasteiger partial charge is 0.116 e. The summed E-state index contributed by atoms with van der Waals surface area (Å²) in [4.78, 5) is 16.7. The van der Waals surface area contributed by atoms with Crippen LogP contribution in [0.15, 0.2) is 49.3 Å². The third-order valence-corrected chi connectivity index (χ3v) is 2.36. The van der Waals surface area contributed by atoms with Gasteiger partial charge in [-0.15, -0.1) is 0 Å². The van der Waals surface area contributed by atoms with Gasteiger partial charge < -0.3 is 0 Å². The van der Waals surface area contributed by atoms with Crippen LogP contribution < -0.4 is 0 Å². The van der Waals surface area contributed by atoms with Gasteiger partial charge in [0.1, 0.15) is 6.33 Å². The van der Waals surface area contributed by atoms with E-state index in [0.29, 0.717) is 0 Å². The van der Waals surface area contributed by atoms with Crippen molar-refractivity contribution in [1.82, 2.24) is 19.9 Å². The van der Waals surface area contributed by atoms with Crippen molar-refractivity contribution in [3.63, 3.8) is 0 Å². The summed E-state index contributed by atoms with van der Waals surface area (Å²) in [5.41, 5.74) is 2.66. The Morgan fingerprint density at radius 2 is 1.88 bits per heavy atom. The highest BCUT2D eigenvalue weighted by Crippen LogP contribution is 2.22. The number of aromatic nitrogens is 4. The van der Waals surface area contributed by atoms with Crippen molar-refractivity contribution in [2.45, 2.75) is 0 Å². The third-order valence-electron chi connectivity index (χ3n) is 2.36. The van der Waals surface area contributed by atoms with Crippen molar-refractivity contribution in [2.24, 2.45) is 0 Å². The van der Waals surface area contributed by atoms with Gasteiger partial charge in [0.05, 0.1) is 11.2 Å². The molecule has 0 atom stereocenters. The Kier molecular flexibility index (Phi) is 2.04. The van der Waals surface area contributed by atoms with E-state index in [-0.39, 0.29) is 0 Å². The normalized spacial score (nSPS) is 10.5. The highest BCUT2D eigenvalue weighted by Gasteiger charge is 2.05. The second-order valence-corrected chi connectivity index (χ2v) is 3.36. The molecule has 0 unspecified atom stereocenters. The molecule has 4 nitrogen and oxygen atoms in total. The fourth-order valence-electron chi connectivity index (χ4n) is 1.63. The maximum Gasteiger partial charge on any atom is 0.116 e. The molecule has 0 aliphatic heterocycles. The van der Waals surface area contributed by atoms with Crippen molar-refractivity contribution in [1.29, 1.82) is 0 Å². The van der Waals surface area contributed by atoms with Crippen LogP contribution in [0.1, 0.15) is 0 Å². The lowest BCUT2D eigenvalue weighted by molar-refractivity contribution is 1.20. The molecule has 3 aromatic rings. The molecule has 0 radical (unpaired) electrons. The maximum absolute atomic E-state index is 4.35. The van der Waals surface area contributed by atoms with Crippen LogP contribution in [-0.2, 0) is 0 Å². The molecule has 3 aromatic heterocycles. The van der Waals surface area contributed by atoms with Crippen molar-refractivity contribution < 1.29 is 0 Å². The van der Waals surface area contributed by atoms with Gasteiger partial charge in [-0.1, -0.05) is 0 Å². The van der Waals surface area contributed by atoms with Crippen LogP contribution in [0.2, 0.25) is 0 Å². The molecule has 3 rings (SSSR count). The Morgan fingerprint density at radius 1 is 0.875 bits per heavy atom. The average molecular weight is 208 g/mol. The van der Waals surface area contributed by atoms with Gasteiger partial charge in [-0.05, 0) is 18.2 Å². The SMILES string of the molecule is c1cncc(-c2nccc3cncnc23)c1. The van der Waals surface area contributed by atoms with Crippen LogP contribution in [0.5, 0.6) is 0 Å². The van der Waals surface area contributed by atoms with Crippen LogP contribution in [-0.4, -0.2) is 19.9 Å². The highest BCUT2D eigenvalue weighted by atomic mass is 14.8. The van der Waals surface area contributed by atoms with Crippen molar-refractivity contribution in [3.05, 3.63) is 49.3 Å². The van der Waals surface area contributed by atoms with E-state index in [0.717, 1.165) is 22.2 Å². The molecule has 0 aliphatic rings. The van der Waals surface area contributed by atoms with Crippen LogP contribution in [0.4, 0.5) is 0 Å². The Morgan fingerprint density at radius 3 is 2.75 bits per heavy atom. The van der Waals surface area contributed by atoms with Gasteiger partial charge in [-0.3, -0.25) is 9.97 Å². The molecule has 0 bridgehead atoms. The van der Waals surface area contributed by atoms with E-state index in [4.69, 9.17) is 0 Å². The number of pyridine rings is 2. The molecule has 0 aromatic carbocycles. The van der Waals surface area contributed by atoms with E-state index in [9.17, 15) is 0 Å². The average Bonchev–Trinajstić information content (AvgIpc) is 2.39. The van der Waals surface area contributed by atoms with Gasteiger partial charge in [0.25, 0.3) is 0 Å². The van der Waals surface area contributed by atoms with Crippen molar-refractivity contribution >= 4 is 10.9 Å². The fraction of sp³-hybridized carbons (Fsp3) is 0. The summed E-state index contributed by atoms with van der Waals surface area (Å²) in [5, 5.41) is 0.983. The molecule has 0 N–H and O–H groups in total. The second-order valence-electron chi connectivity index (χ2n) is 3.36. The van der Waals surface area contributed by atoms with E-state index < -0.39 is 0 Å². The summed E-state index contributed by atoms with van der Waals surface area (Å²) in [6.45, 7) is 0. The molecular weight excluding hydrogens is 200 g/mol. The summed E-state index contributed by atoms with van der Waals surface area (Å²) >= 11 is 0. The van der Waals surface area contributed by atoms with E-state index in [2.05, 4.69) is 19.9 Å². The van der Waals surface area contributed by atoms with Crippen LogP contribution in [0, 0.1) is 0 Å². The summed E-state index contributed by atoms with van der Waals surface area (Å²) in [6, 6.07) is 5.75. The van der Waals surface area contributed by atoms with E-state index in [1.807, 2.05) is 18.2 Å². The quantitative estimate of drug-likeness (QED) is 0.614. The first-order chi connectivity index (χ1) is 7.95. The lowest BCUT2D eigenvalue weighted by atomic mass is 10.1. The molecule has 16 heavy (non-hydrogen) atoms. The largest absolute Gasteiger partial charge is 0.264 e. The minimum Gasteiger partial charge on any atom is -0.264 e. The van der Waals surface area contributed by atoms with Crippen LogP contribution in [0.25, 0.3) is 22.2 Å². The highest BCUT2D eigenvalue weighted by molar-refractivity contribution is 5.90. The standard InChI is InChI=1S/C12H8N4/c1-2-9(6-13-4-1)11-12-10(3-5-15-11)7-14-8-16-12/h1-8H. The number of rotatable bonds is 1. The number of fused-ring (bicyclic) bond motifs is 1. The summed E-state index contributed by atoms with van der Waals surface area (Å²) in [5.74, 6) is 0. The predicted octanol–water partition coefficient (Wildman–Crippen LogP) is 2.09. The van der Waals surface area contributed by atoms with E-state index in [1.165, 1.54) is 6.33 Å². The molecule has 0 amide bonds. The minimum atomic E-state index is 0.841. The zero-order valence-electron chi connectivity index (χ0n) is 8.41. The van der Waals surface area contributed by atoms with E-state index in [1.54, 1.807) is 24.8 Å². The van der Waals surface area contributed by atoms with Crippen molar-refractivity contribution in [2.75, 3.05) is 0 Å². The molecular formula is C12H8N4. The van der Waals surface area contributed by atoms with Gasteiger partial charge in [0.15, 0.2) is 0 Å². The lowest BCUT2D eigenvalue weighted by Crippen LogP contribution is -1.89. The molecule has 0 spiro atoms. The lowest BCUT2D eigenvalue weighted by Gasteiger charge is -2.02. The summed E-state index contributed by atoms with van der Waals surface area (Å²) < 4.78 is 0. The number of hydrogen-bond donors (Lipinski definition) is 0. The minimum absolute atomic E-state index is 0.841. The van der Waals surface area contributed by atoms with Gasteiger partial charge in [-0.25, -0.2) is 9.97 Å². The van der Waals surface area contributed by atoms with Gasteiger partial charge >= 0.3 is 0 Å². The Balaban J connectivity index is 2.32. The first kappa shape index (κ1) is 8.91. The molecule has 0 saturated carbocycles. The molecule has 0 saturated heterocycles. The number of nitrogens with zero attached hydrogens (tertiary/aromatic N) is 4. The molecule has 4 heteroatoms. The van der Waals surface area contributed by atoms with Crippen LogP contribution in [0.3, 0.4) is 0 Å². The second kappa shape index (κ2) is 3.66. The summed E-state index contributed by atoms with van der Waals surface area (Å²) in [6.07, 6.45) is 8.59.